The molecule has 0 aliphatic carbocycles. The van der Waals surface area contributed by atoms with Gasteiger partial charge in [0.25, 0.3) is 0 Å². The number of aryl methyl sites for hydroxylation is 1. The molecule has 1 aromatic rings. The van der Waals surface area contributed by atoms with Crippen molar-refractivity contribution in [1.82, 2.24) is 9.21 Å². The van der Waals surface area contributed by atoms with Gasteiger partial charge in [-0.25, -0.2) is 12.7 Å². The van der Waals surface area contributed by atoms with Crippen molar-refractivity contribution in [2.45, 2.75) is 26.2 Å². The number of carbonyl (C=O) groups excluding carboxylic acids is 1. The summed E-state index contributed by atoms with van der Waals surface area (Å²) in [5, 5.41) is 0. The smallest absolute Gasteiger partial charge is 0.222 e. The average Bonchev–Trinajstić information content (AvgIpc) is 2.77. The number of hydrogen-bond donors (Lipinski definition) is 0. The molecule has 2 rings (SSSR count). The van der Waals surface area contributed by atoms with Gasteiger partial charge in [-0.05, 0) is 37.5 Å². The van der Waals surface area contributed by atoms with Crippen molar-refractivity contribution in [2.75, 3.05) is 39.0 Å². The molecule has 24 heavy (non-hydrogen) atoms. The summed E-state index contributed by atoms with van der Waals surface area (Å²) in [6.45, 7) is 4.45. The van der Waals surface area contributed by atoms with Gasteiger partial charge in [0.2, 0.25) is 15.9 Å². The summed E-state index contributed by atoms with van der Waals surface area (Å²) in [5.41, 5.74) is 1.14. The summed E-state index contributed by atoms with van der Waals surface area (Å²) >= 11 is 0. The molecule has 0 saturated carbocycles. The van der Waals surface area contributed by atoms with Crippen LogP contribution >= 0.6 is 0 Å². The van der Waals surface area contributed by atoms with Crippen molar-refractivity contribution in [3.63, 3.8) is 0 Å². The standard InChI is InChI=1S/C17H26N2O4S/c1-15-6-3-7-16(14-15)23-13-4-8-17(20)18-9-5-10-19(12-11-18)24(2,21)22/h3,6-7,14H,4-5,8-13H2,1-2H3. The summed E-state index contributed by atoms with van der Waals surface area (Å²) < 4.78 is 30.3. The Balaban J connectivity index is 1.72. The van der Waals surface area contributed by atoms with E-state index in [0.717, 1.165) is 11.3 Å². The van der Waals surface area contributed by atoms with Crippen LogP contribution in [0.1, 0.15) is 24.8 Å². The number of rotatable bonds is 6. The number of carbonyl (C=O) groups is 1. The third-order valence-electron chi connectivity index (χ3n) is 4.07. The van der Waals surface area contributed by atoms with Crippen LogP contribution in [0.4, 0.5) is 0 Å². The highest BCUT2D eigenvalue weighted by Crippen LogP contribution is 2.13. The van der Waals surface area contributed by atoms with E-state index in [0.29, 0.717) is 52.0 Å². The second-order valence-corrected chi connectivity index (χ2v) is 8.15. The maximum absolute atomic E-state index is 12.3. The largest absolute Gasteiger partial charge is 0.494 e. The van der Waals surface area contributed by atoms with E-state index >= 15 is 0 Å². The maximum atomic E-state index is 12.3. The second-order valence-electron chi connectivity index (χ2n) is 6.16. The SMILES string of the molecule is Cc1cccc(OCCCC(=O)N2CCCN(S(C)(=O)=O)CC2)c1. The molecule has 1 saturated heterocycles. The zero-order valence-corrected chi connectivity index (χ0v) is 15.2. The number of hydrogen-bond acceptors (Lipinski definition) is 4. The molecule has 0 atom stereocenters. The Morgan fingerprint density at radius 1 is 1.21 bits per heavy atom. The molecule has 0 bridgehead atoms. The molecule has 1 aliphatic heterocycles. The van der Waals surface area contributed by atoms with E-state index in [1.54, 1.807) is 4.90 Å². The van der Waals surface area contributed by atoms with E-state index in [1.165, 1.54) is 10.6 Å². The van der Waals surface area contributed by atoms with Crippen LogP contribution in [0, 0.1) is 6.92 Å². The number of sulfonamides is 1. The molecule has 0 spiro atoms. The maximum Gasteiger partial charge on any atom is 0.222 e. The predicted octanol–water partition coefficient (Wildman–Crippen LogP) is 1.65. The van der Waals surface area contributed by atoms with Gasteiger partial charge in [0.15, 0.2) is 0 Å². The van der Waals surface area contributed by atoms with Crippen molar-refractivity contribution in [3.8, 4) is 5.75 Å². The highest BCUT2D eigenvalue weighted by Gasteiger charge is 2.23. The fraction of sp³-hybridized carbons (Fsp3) is 0.588. The van der Waals surface area contributed by atoms with Gasteiger partial charge in [-0.1, -0.05) is 12.1 Å². The van der Waals surface area contributed by atoms with Gasteiger partial charge in [0.05, 0.1) is 12.9 Å². The highest BCUT2D eigenvalue weighted by molar-refractivity contribution is 7.88. The summed E-state index contributed by atoms with van der Waals surface area (Å²) in [5.74, 6) is 0.888. The molecular weight excluding hydrogens is 328 g/mol. The van der Waals surface area contributed by atoms with E-state index in [1.807, 2.05) is 31.2 Å². The van der Waals surface area contributed by atoms with Crippen LogP contribution in [0.25, 0.3) is 0 Å². The molecule has 1 fully saturated rings. The van der Waals surface area contributed by atoms with E-state index in [-0.39, 0.29) is 5.91 Å². The summed E-state index contributed by atoms with van der Waals surface area (Å²) in [6, 6.07) is 7.83. The quantitative estimate of drug-likeness (QED) is 0.729. The number of amides is 1. The first-order chi connectivity index (χ1) is 11.4. The first-order valence-electron chi connectivity index (χ1n) is 8.28. The van der Waals surface area contributed by atoms with Crippen LogP contribution in [-0.2, 0) is 14.8 Å². The third-order valence-corrected chi connectivity index (χ3v) is 5.37. The van der Waals surface area contributed by atoms with Gasteiger partial charge in [-0.2, -0.15) is 0 Å². The average molecular weight is 354 g/mol. The Labute approximate surface area is 144 Å². The normalized spacial score (nSPS) is 16.7. The topological polar surface area (TPSA) is 66.9 Å². The second kappa shape index (κ2) is 8.48. The molecule has 134 valence electrons. The summed E-state index contributed by atoms with van der Waals surface area (Å²) in [7, 11) is -3.18. The molecule has 1 aromatic carbocycles. The molecule has 1 aliphatic rings. The summed E-state index contributed by atoms with van der Waals surface area (Å²) in [6.07, 6.45) is 2.97. The van der Waals surface area contributed by atoms with Gasteiger partial charge in [0, 0.05) is 32.6 Å². The van der Waals surface area contributed by atoms with Crippen LogP contribution in [-0.4, -0.2) is 62.6 Å². The van der Waals surface area contributed by atoms with Crippen LogP contribution in [0.3, 0.4) is 0 Å². The fourth-order valence-corrected chi connectivity index (χ4v) is 3.63. The van der Waals surface area contributed by atoms with Gasteiger partial charge >= 0.3 is 0 Å². The molecule has 0 aromatic heterocycles. The van der Waals surface area contributed by atoms with Crippen LogP contribution in [0.15, 0.2) is 24.3 Å². The molecule has 0 unspecified atom stereocenters. The molecule has 1 amide bonds. The lowest BCUT2D eigenvalue weighted by molar-refractivity contribution is -0.131. The van der Waals surface area contributed by atoms with E-state index in [4.69, 9.17) is 4.74 Å². The fourth-order valence-electron chi connectivity index (χ4n) is 2.75. The zero-order chi connectivity index (χ0) is 17.6. The van der Waals surface area contributed by atoms with E-state index in [2.05, 4.69) is 0 Å². The highest BCUT2D eigenvalue weighted by atomic mass is 32.2. The minimum absolute atomic E-state index is 0.0678. The number of nitrogens with zero attached hydrogens (tertiary/aromatic N) is 2. The van der Waals surface area contributed by atoms with Gasteiger partial charge in [0.1, 0.15) is 5.75 Å². The van der Waals surface area contributed by atoms with Crippen LogP contribution < -0.4 is 4.74 Å². The van der Waals surface area contributed by atoms with Gasteiger partial charge < -0.3 is 9.64 Å². The summed E-state index contributed by atoms with van der Waals surface area (Å²) in [4.78, 5) is 14.0. The number of benzene rings is 1. The molecular formula is C17H26N2O4S. The molecule has 0 N–H and O–H groups in total. The van der Waals surface area contributed by atoms with Gasteiger partial charge in [-0.3, -0.25) is 4.79 Å². The lowest BCUT2D eigenvalue weighted by atomic mass is 10.2. The molecule has 6 nitrogen and oxygen atoms in total. The molecule has 7 heteroatoms. The molecule has 1 heterocycles. The number of ether oxygens (including phenoxy) is 1. The Hall–Kier alpha value is -1.60. The Morgan fingerprint density at radius 3 is 2.71 bits per heavy atom. The van der Waals surface area contributed by atoms with Crippen molar-refractivity contribution in [3.05, 3.63) is 29.8 Å². The Kier molecular flexibility index (Phi) is 6.62. The van der Waals surface area contributed by atoms with E-state index in [9.17, 15) is 13.2 Å². The van der Waals surface area contributed by atoms with Crippen molar-refractivity contribution in [2.24, 2.45) is 0 Å². The Morgan fingerprint density at radius 2 is 2.00 bits per heavy atom. The minimum atomic E-state index is -3.18. The van der Waals surface area contributed by atoms with Crippen LogP contribution in [0.2, 0.25) is 0 Å². The van der Waals surface area contributed by atoms with Crippen LogP contribution in [0.5, 0.6) is 5.75 Å². The first-order valence-corrected chi connectivity index (χ1v) is 10.1. The van der Waals surface area contributed by atoms with Crippen molar-refractivity contribution >= 4 is 15.9 Å². The van der Waals surface area contributed by atoms with E-state index < -0.39 is 10.0 Å². The minimum Gasteiger partial charge on any atom is -0.494 e. The first kappa shape index (κ1) is 18.7. The van der Waals surface area contributed by atoms with Crippen molar-refractivity contribution in [1.29, 1.82) is 0 Å². The van der Waals surface area contributed by atoms with Gasteiger partial charge in [-0.15, -0.1) is 0 Å². The zero-order valence-electron chi connectivity index (χ0n) is 14.4. The monoisotopic (exact) mass is 354 g/mol. The Bertz CT molecular complexity index is 660. The predicted molar refractivity (Wildman–Crippen MR) is 93.5 cm³/mol. The third kappa shape index (κ3) is 5.79. The lowest BCUT2D eigenvalue weighted by Crippen LogP contribution is -2.36. The molecule has 0 radical (unpaired) electrons. The van der Waals surface area contributed by atoms with Crippen molar-refractivity contribution < 1.29 is 17.9 Å². The lowest BCUT2D eigenvalue weighted by Gasteiger charge is -2.21.